The van der Waals surface area contributed by atoms with Gasteiger partial charge < -0.3 is 4.74 Å². The van der Waals surface area contributed by atoms with Crippen molar-refractivity contribution < 1.29 is 9.53 Å². The summed E-state index contributed by atoms with van der Waals surface area (Å²) in [7, 11) is 0. The summed E-state index contributed by atoms with van der Waals surface area (Å²) in [5, 5.41) is 0. The summed E-state index contributed by atoms with van der Waals surface area (Å²) in [4.78, 5) is 11.7. The summed E-state index contributed by atoms with van der Waals surface area (Å²) in [6.45, 7) is 0.897. The second kappa shape index (κ2) is 4.77. The maximum Gasteiger partial charge on any atom is 0.329 e. The Kier molecular flexibility index (Phi) is 3.38. The van der Waals surface area contributed by atoms with Crippen LogP contribution in [0.15, 0.2) is 30.3 Å². The summed E-state index contributed by atoms with van der Waals surface area (Å²) < 4.78 is 7.12. The number of hydrogen-bond acceptors (Lipinski definition) is 3. The van der Waals surface area contributed by atoms with Crippen molar-refractivity contribution in [1.29, 1.82) is 0 Å². The van der Waals surface area contributed by atoms with E-state index in [0.717, 1.165) is 19.4 Å². The van der Waals surface area contributed by atoms with Crippen LogP contribution in [0.2, 0.25) is 0 Å². The maximum atomic E-state index is 11.7. The summed E-state index contributed by atoms with van der Waals surface area (Å²) >= 11 is 3.35. The third kappa shape index (κ3) is 2.58. The molecule has 0 bridgehead atoms. The van der Waals surface area contributed by atoms with Crippen LogP contribution in [0.25, 0.3) is 0 Å². The van der Waals surface area contributed by atoms with Gasteiger partial charge in [0.15, 0.2) is 0 Å². The minimum absolute atomic E-state index is 0.148. The zero-order chi connectivity index (χ0) is 10.7. The van der Waals surface area contributed by atoms with E-state index < -0.39 is 0 Å². The van der Waals surface area contributed by atoms with Gasteiger partial charge >= 0.3 is 5.97 Å². The number of halogens is 1. The molecule has 1 atom stereocenters. The number of carbonyl (C=O) groups excluding carboxylic acids is 1. The van der Waals surface area contributed by atoms with Crippen molar-refractivity contribution >= 4 is 22.1 Å². The van der Waals surface area contributed by atoms with Crippen LogP contribution in [-0.4, -0.2) is 22.5 Å². The molecule has 1 aliphatic rings. The van der Waals surface area contributed by atoms with Gasteiger partial charge in [0.25, 0.3) is 0 Å². The summed E-state index contributed by atoms with van der Waals surface area (Å²) in [5.74, 6) is 0.422. The fourth-order valence-corrected chi connectivity index (χ4v) is 2.26. The van der Waals surface area contributed by atoms with Crippen molar-refractivity contribution in [1.82, 2.24) is 3.93 Å². The highest BCUT2D eigenvalue weighted by molar-refractivity contribution is 9.07. The van der Waals surface area contributed by atoms with E-state index in [1.165, 1.54) is 0 Å². The van der Waals surface area contributed by atoms with Crippen molar-refractivity contribution in [2.75, 3.05) is 6.54 Å². The van der Waals surface area contributed by atoms with E-state index in [1.54, 1.807) is 12.1 Å². The van der Waals surface area contributed by atoms with Crippen LogP contribution in [0.1, 0.15) is 12.8 Å². The van der Waals surface area contributed by atoms with Crippen LogP contribution in [0.4, 0.5) is 0 Å². The largest absolute Gasteiger partial charge is 0.425 e. The van der Waals surface area contributed by atoms with Crippen molar-refractivity contribution in [3.8, 4) is 5.75 Å². The van der Waals surface area contributed by atoms with Crippen LogP contribution in [0.3, 0.4) is 0 Å². The van der Waals surface area contributed by atoms with Crippen LogP contribution < -0.4 is 4.74 Å². The van der Waals surface area contributed by atoms with Gasteiger partial charge in [0.2, 0.25) is 0 Å². The van der Waals surface area contributed by atoms with E-state index in [2.05, 4.69) is 16.1 Å². The van der Waals surface area contributed by atoms with Gasteiger partial charge in [0.1, 0.15) is 11.8 Å². The number of carbonyl (C=O) groups is 1. The molecule has 0 spiro atoms. The molecule has 1 saturated heterocycles. The number of para-hydroxylation sites is 1. The SMILES string of the molecule is O=C(Oc1ccccc1)[C@@H]1CCCN1Br. The van der Waals surface area contributed by atoms with Crippen molar-refractivity contribution in [3.05, 3.63) is 30.3 Å². The van der Waals surface area contributed by atoms with Crippen LogP contribution >= 0.6 is 16.1 Å². The predicted octanol–water partition coefficient (Wildman–Crippen LogP) is 2.37. The van der Waals surface area contributed by atoms with Gasteiger partial charge in [-0.25, -0.2) is 8.72 Å². The quantitative estimate of drug-likeness (QED) is 0.469. The monoisotopic (exact) mass is 269 g/mol. The Morgan fingerprint density at radius 2 is 2.13 bits per heavy atom. The Morgan fingerprint density at radius 3 is 2.73 bits per heavy atom. The van der Waals surface area contributed by atoms with Gasteiger partial charge in [-0.3, -0.25) is 0 Å². The lowest BCUT2D eigenvalue weighted by atomic mass is 10.2. The normalized spacial score (nSPS) is 21.5. The fraction of sp³-hybridized carbons (Fsp3) is 0.364. The second-order valence-corrected chi connectivity index (χ2v) is 4.43. The Morgan fingerprint density at radius 1 is 1.40 bits per heavy atom. The molecule has 0 amide bonds. The summed E-state index contributed by atoms with van der Waals surface area (Å²) in [5.41, 5.74) is 0. The van der Waals surface area contributed by atoms with Crippen molar-refractivity contribution in [2.45, 2.75) is 18.9 Å². The lowest BCUT2D eigenvalue weighted by molar-refractivity contribution is -0.137. The number of esters is 1. The zero-order valence-electron chi connectivity index (χ0n) is 8.23. The van der Waals surface area contributed by atoms with E-state index >= 15 is 0 Å². The van der Waals surface area contributed by atoms with Crippen molar-refractivity contribution in [2.24, 2.45) is 0 Å². The van der Waals surface area contributed by atoms with Gasteiger partial charge in [-0.15, -0.1) is 0 Å². The summed E-state index contributed by atoms with van der Waals surface area (Å²) in [6.07, 6.45) is 1.89. The lowest BCUT2D eigenvalue weighted by Crippen LogP contribution is -2.32. The van der Waals surface area contributed by atoms with Gasteiger partial charge in [0, 0.05) is 22.7 Å². The molecule has 2 rings (SSSR count). The van der Waals surface area contributed by atoms with Gasteiger partial charge in [-0.2, -0.15) is 0 Å². The van der Waals surface area contributed by atoms with Crippen LogP contribution in [-0.2, 0) is 4.79 Å². The Hall–Kier alpha value is -0.870. The highest BCUT2D eigenvalue weighted by atomic mass is 79.9. The first-order valence-corrected chi connectivity index (χ1v) is 5.67. The maximum absolute atomic E-state index is 11.7. The second-order valence-electron chi connectivity index (χ2n) is 3.52. The Bertz CT molecular complexity index is 342. The first-order valence-electron chi connectivity index (χ1n) is 4.96. The molecule has 15 heavy (non-hydrogen) atoms. The zero-order valence-corrected chi connectivity index (χ0v) is 9.81. The molecule has 0 unspecified atom stereocenters. The molecule has 0 aliphatic carbocycles. The molecular formula is C11H12BrNO2. The molecule has 0 radical (unpaired) electrons. The number of benzene rings is 1. The van der Waals surface area contributed by atoms with E-state index in [0.29, 0.717) is 5.75 Å². The minimum Gasteiger partial charge on any atom is -0.425 e. The fourth-order valence-electron chi connectivity index (χ4n) is 1.64. The molecule has 1 fully saturated rings. The number of ether oxygens (including phenoxy) is 1. The number of rotatable bonds is 2. The Labute approximate surface area is 97.4 Å². The standard InChI is InChI=1S/C11H12BrNO2/c12-13-8-4-7-10(13)11(14)15-9-5-2-1-3-6-9/h1-3,5-6,10H,4,7-8H2/t10-/m0/s1. The molecule has 80 valence electrons. The van der Waals surface area contributed by atoms with Gasteiger partial charge in [-0.1, -0.05) is 18.2 Å². The van der Waals surface area contributed by atoms with Gasteiger partial charge in [0.05, 0.1) is 0 Å². The van der Waals surface area contributed by atoms with Gasteiger partial charge in [-0.05, 0) is 25.0 Å². The smallest absolute Gasteiger partial charge is 0.329 e. The highest BCUT2D eigenvalue weighted by Gasteiger charge is 2.30. The molecule has 1 aliphatic heterocycles. The highest BCUT2D eigenvalue weighted by Crippen LogP contribution is 2.22. The van der Waals surface area contributed by atoms with E-state index in [1.807, 2.05) is 22.1 Å². The molecule has 3 nitrogen and oxygen atoms in total. The minimum atomic E-state index is -0.185. The molecule has 1 aromatic rings. The third-order valence-electron chi connectivity index (χ3n) is 2.42. The number of nitrogens with zero attached hydrogens (tertiary/aromatic N) is 1. The molecule has 4 heteroatoms. The molecule has 0 saturated carbocycles. The molecule has 0 N–H and O–H groups in total. The lowest BCUT2D eigenvalue weighted by Gasteiger charge is -2.15. The van der Waals surface area contributed by atoms with Crippen molar-refractivity contribution in [3.63, 3.8) is 0 Å². The van der Waals surface area contributed by atoms with Crippen LogP contribution in [0, 0.1) is 0 Å². The topological polar surface area (TPSA) is 29.5 Å². The first kappa shape index (κ1) is 10.6. The third-order valence-corrected chi connectivity index (χ3v) is 3.27. The molecule has 1 aromatic carbocycles. The molecule has 1 heterocycles. The average Bonchev–Trinajstić information content (AvgIpc) is 2.66. The van der Waals surface area contributed by atoms with E-state index in [4.69, 9.17) is 4.74 Å². The van der Waals surface area contributed by atoms with E-state index in [-0.39, 0.29) is 12.0 Å². The molecule has 0 aromatic heterocycles. The van der Waals surface area contributed by atoms with E-state index in [9.17, 15) is 4.79 Å². The molecular weight excluding hydrogens is 258 g/mol. The van der Waals surface area contributed by atoms with Crippen LogP contribution in [0.5, 0.6) is 5.75 Å². The first-order chi connectivity index (χ1) is 7.27. The average molecular weight is 270 g/mol. The Balaban J connectivity index is 1.98. The summed E-state index contributed by atoms with van der Waals surface area (Å²) in [6, 6.07) is 9.01. The predicted molar refractivity (Wildman–Crippen MR) is 60.7 cm³/mol. The number of hydrogen-bond donors (Lipinski definition) is 0.